The lowest BCUT2D eigenvalue weighted by atomic mass is 10.2. The number of carbonyl (C=O) groups excluding carboxylic acids is 2. The Balaban J connectivity index is 1.57. The number of nitrogens with zero attached hydrogens (tertiary/aromatic N) is 1. The Morgan fingerprint density at radius 1 is 1.30 bits per heavy atom. The highest BCUT2D eigenvalue weighted by atomic mass is 19.1. The highest BCUT2D eigenvalue weighted by Crippen LogP contribution is 2.38. The molecule has 3 rings (SSSR count). The number of carbonyl (C=O) groups is 2. The van der Waals surface area contributed by atoms with Crippen LogP contribution in [-0.4, -0.2) is 22.5 Å². The zero-order valence-electron chi connectivity index (χ0n) is 15.7. The van der Waals surface area contributed by atoms with Crippen molar-refractivity contribution in [1.82, 2.24) is 4.57 Å². The summed E-state index contributed by atoms with van der Waals surface area (Å²) in [4.78, 5) is 24.1. The van der Waals surface area contributed by atoms with Crippen molar-refractivity contribution in [3.8, 4) is 0 Å². The second-order valence-corrected chi connectivity index (χ2v) is 6.84. The van der Waals surface area contributed by atoms with Crippen LogP contribution in [0.3, 0.4) is 0 Å². The first-order valence-corrected chi connectivity index (χ1v) is 8.98. The third kappa shape index (κ3) is 4.64. The molecule has 1 N–H and O–H groups in total. The van der Waals surface area contributed by atoms with Crippen molar-refractivity contribution >= 4 is 23.6 Å². The minimum absolute atomic E-state index is 0.311. The van der Waals surface area contributed by atoms with E-state index in [0.29, 0.717) is 11.7 Å². The van der Waals surface area contributed by atoms with Crippen LogP contribution in [0.2, 0.25) is 0 Å². The van der Waals surface area contributed by atoms with Crippen LogP contribution in [0.15, 0.2) is 36.4 Å². The van der Waals surface area contributed by atoms with Gasteiger partial charge < -0.3 is 14.6 Å². The fraction of sp³-hybridized carbons (Fsp3) is 0.333. The van der Waals surface area contributed by atoms with Crippen LogP contribution in [0.1, 0.15) is 42.8 Å². The maximum absolute atomic E-state index is 13.2. The van der Waals surface area contributed by atoms with Gasteiger partial charge in [0, 0.05) is 29.2 Å². The maximum Gasteiger partial charge on any atom is 0.331 e. The molecule has 0 aliphatic heterocycles. The summed E-state index contributed by atoms with van der Waals surface area (Å²) in [7, 11) is 0. The molecular weight excluding hydrogens is 347 g/mol. The van der Waals surface area contributed by atoms with Crippen LogP contribution in [0.4, 0.5) is 10.1 Å². The van der Waals surface area contributed by atoms with Crippen molar-refractivity contribution in [1.29, 1.82) is 0 Å². The van der Waals surface area contributed by atoms with Crippen LogP contribution in [0.25, 0.3) is 6.08 Å². The molecule has 1 saturated carbocycles. The topological polar surface area (TPSA) is 60.3 Å². The van der Waals surface area contributed by atoms with Gasteiger partial charge in [-0.15, -0.1) is 0 Å². The van der Waals surface area contributed by atoms with E-state index in [4.69, 9.17) is 4.74 Å². The van der Waals surface area contributed by atoms with E-state index in [-0.39, 0.29) is 0 Å². The van der Waals surface area contributed by atoms with Crippen LogP contribution in [0.5, 0.6) is 0 Å². The second kappa shape index (κ2) is 7.78. The van der Waals surface area contributed by atoms with Gasteiger partial charge in [-0.3, -0.25) is 4.79 Å². The molecule has 5 nitrogen and oxygen atoms in total. The number of nitrogens with one attached hydrogen (secondary N) is 1. The summed E-state index contributed by atoms with van der Waals surface area (Å²) in [5.41, 5.74) is 3.57. The van der Waals surface area contributed by atoms with E-state index in [1.807, 2.05) is 13.0 Å². The van der Waals surface area contributed by atoms with Crippen LogP contribution >= 0.6 is 0 Å². The largest absolute Gasteiger partial charge is 0.449 e. The SMILES string of the molecule is Cc1cc(/C=C/C(=O)O[C@H](C)C(=O)Nc2cccc(F)c2)c(C)n1C1CC1. The average Bonchev–Trinajstić information content (AvgIpc) is 3.39. The monoisotopic (exact) mass is 370 g/mol. The molecule has 1 heterocycles. The number of halogens is 1. The number of anilines is 1. The molecule has 1 aromatic carbocycles. The Kier molecular flexibility index (Phi) is 5.44. The standard InChI is InChI=1S/C21H23FN2O3/c1-13-11-16(14(2)24(13)19-8-9-19)7-10-20(25)27-15(3)21(26)23-18-6-4-5-17(22)12-18/h4-7,10-12,15,19H,8-9H2,1-3H3,(H,23,26)/b10-7+/t15-/m1/s1. The predicted molar refractivity (Wildman–Crippen MR) is 102 cm³/mol. The predicted octanol–water partition coefficient (Wildman–Crippen LogP) is 4.16. The first kappa shape index (κ1) is 18.9. The van der Waals surface area contributed by atoms with Crippen LogP contribution in [-0.2, 0) is 14.3 Å². The van der Waals surface area contributed by atoms with E-state index in [1.165, 1.54) is 49.7 Å². The first-order chi connectivity index (χ1) is 12.8. The molecule has 0 saturated heterocycles. The summed E-state index contributed by atoms with van der Waals surface area (Å²) in [5.74, 6) is -1.58. The van der Waals surface area contributed by atoms with Crippen molar-refractivity contribution < 1.29 is 18.7 Å². The quantitative estimate of drug-likeness (QED) is 0.613. The van der Waals surface area contributed by atoms with Gasteiger partial charge in [-0.05, 0) is 69.5 Å². The van der Waals surface area contributed by atoms with Gasteiger partial charge >= 0.3 is 5.97 Å². The molecule has 0 radical (unpaired) electrons. The lowest BCUT2D eigenvalue weighted by Crippen LogP contribution is -2.29. The molecule has 1 fully saturated rings. The second-order valence-electron chi connectivity index (χ2n) is 6.84. The van der Waals surface area contributed by atoms with Crippen molar-refractivity contribution in [2.75, 3.05) is 5.32 Å². The van der Waals surface area contributed by atoms with Crippen molar-refractivity contribution in [3.63, 3.8) is 0 Å². The van der Waals surface area contributed by atoms with Crippen LogP contribution < -0.4 is 5.32 Å². The molecule has 0 spiro atoms. The molecule has 1 aliphatic carbocycles. The maximum atomic E-state index is 13.2. The average molecular weight is 370 g/mol. The summed E-state index contributed by atoms with van der Waals surface area (Å²) < 4.78 is 20.6. The molecule has 1 aliphatic rings. The summed E-state index contributed by atoms with van der Waals surface area (Å²) >= 11 is 0. The van der Waals surface area contributed by atoms with E-state index in [2.05, 4.69) is 16.8 Å². The molecule has 1 amide bonds. The molecule has 2 aromatic rings. The van der Waals surface area contributed by atoms with E-state index < -0.39 is 23.8 Å². The molecule has 6 heteroatoms. The minimum Gasteiger partial charge on any atom is -0.449 e. The lowest BCUT2D eigenvalue weighted by molar-refractivity contribution is -0.148. The zero-order valence-corrected chi connectivity index (χ0v) is 15.7. The highest BCUT2D eigenvalue weighted by molar-refractivity contribution is 5.96. The van der Waals surface area contributed by atoms with E-state index in [1.54, 1.807) is 12.1 Å². The Hall–Kier alpha value is -2.89. The Bertz CT molecular complexity index is 897. The van der Waals surface area contributed by atoms with Gasteiger partial charge in [-0.1, -0.05) is 6.07 Å². The third-order valence-electron chi connectivity index (χ3n) is 4.59. The summed E-state index contributed by atoms with van der Waals surface area (Å²) in [6.45, 7) is 5.56. The number of benzene rings is 1. The summed E-state index contributed by atoms with van der Waals surface area (Å²) in [6, 6.07) is 8.14. The molecule has 0 unspecified atom stereocenters. The molecule has 0 bridgehead atoms. The summed E-state index contributed by atoms with van der Waals surface area (Å²) in [5, 5.41) is 2.52. The number of hydrogen-bond donors (Lipinski definition) is 1. The zero-order chi connectivity index (χ0) is 19.6. The Morgan fingerprint density at radius 2 is 2.04 bits per heavy atom. The van der Waals surface area contributed by atoms with E-state index in [9.17, 15) is 14.0 Å². The fourth-order valence-electron chi connectivity index (χ4n) is 3.10. The Labute approximate surface area is 157 Å². The first-order valence-electron chi connectivity index (χ1n) is 8.98. The van der Waals surface area contributed by atoms with Crippen molar-refractivity contribution in [2.45, 2.75) is 45.8 Å². The summed E-state index contributed by atoms with van der Waals surface area (Å²) in [6.07, 6.45) is 4.43. The molecular formula is C21H23FN2O3. The fourth-order valence-corrected chi connectivity index (χ4v) is 3.10. The molecule has 142 valence electrons. The van der Waals surface area contributed by atoms with Crippen molar-refractivity contribution in [2.24, 2.45) is 0 Å². The van der Waals surface area contributed by atoms with Gasteiger partial charge in [-0.25, -0.2) is 9.18 Å². The van der Waals surface area contributed by atoms with Crippen molar-refractivity contribution in [3.05, 3.63) is 59.2 Å². The van der Waals surface area contributed by atoms with E-state index in [0.717, 1.165) is 11.3 Å². The van der Waals surface area contributed by atoms with Gasteiger partial charge in [0.1, 0.15) is 5.82 Å². The number of aromatic nitrogens is 1. The number of ether oxygens (including phenoxy) is 1. The highest BCUT2D eigenvalue weighted by Gasteiger charge is 2.26. The number of amides is 1. The van der Waals surface area contributed by atoms with Gasteiger partial charge in [0.2, 0.25) is 0 Å². The normalized spacial score (nSPS) is 15.0. The van der Waals surface area contributed by atoms with Gasteiger partial charge in [0.15, 0.2) is 6.10 Å². The number of aryl methyl sites for hydroxylation is 1. The smallest absolute Gasteiger partial charge is 0.331 e. The van der Waals surface area contributed by atoms with Crippen LogP contribution in [0, 0.1) is 19.7 Å². The van der Waals surface area contributed by atoms with Gasteiger partial charge in [-0.2, -0.15) is 0 Å². The van der Waals surface area contributed by atoms with Gasteiger partial charge in [0.05, 0.1) is 0 Å². The number of esters is 1. The Morgan fingerprint density at radius 3 is 2.70 bits per heavy atom. The third-order valence-corrected chi connectivity index (χ3v) is 4.59. The lowest BCUT2D eigenvalue weighted by Gasteiger charge is -2.12. The molecule has 27 heavy (non-hydrogen) atoms. The molecule has 1 aromatic heterocycles. The van der Waals surface area contributed by atoms with E-state index >= 15 is 0 Å². The van der Waals surface area contributed by atoms with Gasteiger partial charge in [0.25, 0.3) is 5.91 Å². The molecule has 1 atom stereocenters. The minimum atomic E-state index is -0.996. The number of hydrogen-bond acceptors (Lipinski definition) is 3. The number of rotatable bonds is 6.